The maximum atomic E-state index is 13.9. The largest absolute Gasteiger partial charge is 0.501 e. The van der Waals surface area contributed by atoms with Gasteiger partial charge in [-0.05, 0) is 25.0 Å². The molecule has 0 bridgehead atoms. The summed E-state index contributed by atoms with van der Waals surface area (Å²) in [5.74, 6) is 0. The van der Waals surface area contributed by atoms with Crippen molar-refractivity contribution < 1.29 is 39.9 Å². The van der Waals surface area contributed by atoms with Crippen LogP contribution in [0.15, 0.2) is 29.3 Å². The van der Waals surface area contributed by atoms with Gasteiger partial charge in [-0.25, -0.2) is 26.4 Å². The van der Waals surface area contributed by atoms with Gasteiger partial charge in [0.25, 0.3) is 16.3 Å². The van der Waals surface area contributed by atoms with E-state index in [-0.39, 0.29) is 29.9 Å². The Morgan fingerprint density at radius 2 is 1.93 bits per heavy atom. The summed E-state index contributed by atoms with van der Waals surface area (Å²) < 4.78 is 104. The molecule has 1 aromatic heterocycles. The summed E-state index contributed by atoms with van der Waals surface area (Å²) in [6, 6.07) is 3.01. The van der Waals surface area contributed by atoms with Crippen LogP contribution in [0, 0.1) is 6.57 Å². The van der Waals surface area contributed by atoms with Crippen molar-refractivity contribution in [3.63, 3.8) is 0 Å². The van der Waals surface area contributed by atoms with Gasteiger partial charge in [0, 0.05) is 28.7 Å². The highest BCUT2D eigenvalue weighted by atomic mass is 32.2. The van der Waals surface area contributed by atoms with Gasteiger partial charge in [0.1, 0.15) is 17.2 Å². The Bertz CT molecular complexity index is 1100. The second-order valence-corrected chi connectivity index (χ2v) is 8.24. The van der Waals surface area contributed by atoms with Crippen LogP contribution in [0.1, 0.15) is 35.8 Å². The predicted molar refractivity (Wildman–Crippen MR) is 88.4 cm³/mol. The lowest BCUT2D eigenvalue weighted by Crippen LogP contribution is -2.27. The Morgan fingerprint density at radius 3 is 2.48 bits per heavy atom. The van der Waals surface area contributed by atoms with Crippen molar-refractivity contribution in [1.29, 1.82) is 0 Å². The number of alkyl halides is 6. The van der Waals surface area contributed by atoms with Gasteiger partial charge in [0.2, 0.25) is 0 Å². The van der Waals surface area contributed by atoms with Crippen molar-refractivity contribution >= 4 is 15.5 Å². The van der Waals surface area contributed by atoms with Crippen molar-refractivity contribution in [3.8, 4) is 5.69 Å². The third kappa shape index (κ3) is 3.38. The molecular weight excluding hydrogens is 426 g/mol. The fraction of sp³-hybridized carbons (Fsp3) is 0.353. The van der Waals surface area contributed by atoms with E-state index in [2.05, 4.69) is 4.85 Å². The van der Waals surface area contributed by atoms with E-state index < -0.39 is 50.1 Å². The Balaban J connectivity index is 2.31. The van der Waals surface area contributed by atoms with Crippen LogP contribution >= 0.6 is 0 Å². The number of aliphatic hydroxyl groups is 1. The zero-order valence-corrected chi connectivity index (χ0v) is 15.1. The van der Waals surface area contributed by atoms with Crippen molar-refractivity contribution in [2.24, 2.45) is 0 Å². The maximum absolute atomic E-state index is 13.9. The van der Waals surface area contributed by atoms with Crippen LogP contribution in [0.2, 0.25) is 0 Å². The first kappa shape index (κ1) is 21.2. The molecule has 0 radical (unpaired) electrons. The average molecular weight is 438 g/mol. The molecule has 2 aromatic rings. The monoisotopic (exact) mass is 438 g/mol. The number of halogens is 6. The Kier molecular flexibility index (Phi) is 5.17. The van der Waals surface area contributed by atoms with Gasteiger partial charge in [-0.3, -0.25) is 0 Å². The van der Waals surface area contributed by atoms with Crippen LogP contribution < -0.4 is 0 Å². The first-order valence-electron chi connectivity index (χ1n) is 8.07. The van der Waals surface area contributed by atoms with Gasteiger partial charge < -0.3 is 9.67 Å². The van der Waals surface area contributed by atoms with Crippen LogP contribution in [-0.2, 0) is 16.3 Å². The average Bonchev–Trinajstić information content (AvgIpc) is 3.04. The van der Waals surface area contributed by atoms with E-state index in [1.165, 1.54) is 0 Å². The van der Waals surface area contributed by atoms with Crippen molar-refractivity contribution in [2.45, 2.75) is 41.9 Å². The van der Waals surface area contributed by atoms with Crippen molar-refractivity contribution in [2.75, 3.05) is 0 Å². The molecule has 29 heavy (non-hydrogen) atoms. The lowest BCUT2D eigenvalue weighted by atomic mass is 9.93. The topological polar surface area (TPSA) is 63.7 Å². The van der Waals surface area contributed by atoms with Crippen LogP contribution in [0.5, 0.6) is 0 Å². The van der Waals surface area contributed by atoms with Gasteiger partial charge in [-0.15, -0.1) is 0 Å². The molecule has 2 unspecified atom stereocenters. The van der Waals surface area contributed by atoms with Crippen molar-refractivity contribution in [3.05, 3.63) is 52.6 Å². The highest BCUT2D eigenvalue weighted by molar-refractivity contribution is 7.92. The van der Waals surface area contributed by atoms with Gasteiger partial charge in [0.15, 0.2) is 5.69 Å². The number of sulfone groups is 1. The SMILES string of the molecule is [C-]#[N+]c1ccc(-n2cc(S(=O)(=O)C(F)(F)F)c3c2CCC(F)C3O)cc1C(F)F. The summed E-state index contributed by atoms with van der Waals surface area (Å²) in [6.45, 7) is 6.91. The third-order valence-corrected chi connectivity index (χ3v) is 6.16. The lowest BCUT2D eigenvalue weighted by molar-refractivity contribution is -0.0438. The highest BCUT2D eigenvalue weighted by Crippen LogP contribution is 2.43. The third-order valence-electron chi connectivity index (χ3n) is 4.65. The van der Waals surface area contributed by atoms with Gasteiger partial charge in [-0.2, -0.15) is 13.2 Å². The quantitative estimate of drug-likeness (QED) is 0.564. The Hall–Kier alpha value is -2.52. The maximum Gasteiger partial charge on any atom is 0.501 e. The molecule has 5 nitrogen and oxygen atoms in total. The lowest BCUT2D eigenvalue weighted by Gasteiger charge is -2.24. The molecule has 2 atom stereocenters. The van der Waals surface area contributed by atoms with E-state index in [9.17, 15) is 39.9 Å². The number of aromatic nitrogens is 1. The Morgan fingerprint density at radius 1 is 1.28 bits per heavy atom. The molecule has 3 rings (SSSR count). The van der Waals surface area contributed by atoms with Crippen LogP contribution in [0.25, 0.3) is 10.5 Å². The molecule has 1 aromatic carbocycles. The Labute approximate surface area is 160 Å². The number of fused-ring (bicyclic) bond motifs is 1. The minimum Gasteiger partial charge on any atom is -0.385 e. The molecule has 0 amide bonds. The predicted octanol–water partition coefficient (Wildman–Crippen LogP) is 4.58. The van der Waals surface area contributed by atoms with E-state index in [1.807, 2.05) is 0 Å². The normalized spacial score (nSPS) is 19.8. The number of hydrogen-bond donors (Lipinski definition) is 1. The minimum atomic E-state index is -5.94. The summed E-state index contributed by atoms with van der Waals surface area (Å²) >= 11 is 0. The first-order chi connectivity index (χ1) is 13.4. The number of nitrogens with zero attached hydrogens (tertiary/aromatic N) is 2. The molecule has 0 spiro atoms. The molecule has 0 aliphatic heterocycles. The van der Waals surface area contributed by atoms with E-state index >= 15 is 0 Å². The van der Waals surface area contributed by atoms with E-state index in [0.717, 1.165) is 22.8 Å². The second kappa shape index (κ2) is 7.07. The van der Waals surface area contributed by atoms with Crippen LogP contribution in [-0.4, -0.2) is 29.8 Å². The van der Waals surface area contributed by atoms with E-state index in [4.69, 9.17) is 6.57 Å². The van der Waals surface area contributed by atoms with Gasteiger partial charge in [0.05, 0.1) is 6.57 Å². The fourth-order valence-electron chi connectivity index (χ4n) is 3.26. The molecule has 1 aliphatic carbocycles. The summed E-state index contributed by atoms with van der Waals surface area (Å²) in [4.78, 5) is 1.61. The molecule has 0 saturated heterocycles. The summed E-state index contributed by atoms with van der Waals surface area (Å²) in [6.07, 6.45) is -7.16. The molecular formula is C17H12F6N2O3S. The minimum absolute atomic E-state index is 0.134. The number of rotatable bonds is 3. The molecule has 156 valence electrons. The van der Waals surface area contributed by atoms with Gasteiger partial charge >= 0.3 is 5.51 Å². The molecule has 0 saturated carbocycles. The van der Waals surface area contributed by atoms with E-state index in [1.54, 1.807) is 0 Å². The number of aliphatic hydroxyl groups excluding tert-OH is 1. The first-order valence-corrected chi connectivity index (χ1v) is 9.56. The molecule has 1 aliphatic rings. The number of benzene rings is 1. The smallest absolute Gasteiger partial charge is 0.385 e. The van der Waals surface area contributed by atoms with Crippen LogP contribution in [0.4, 0.5) is 32.0 Å². The fourth-order valence-corrected chi connectivity index (χ4v) is 4.28. The molecule has 1 N–H and O–H groups in total. The van der Waals surface area contributed by atoms with Crippen molar-refractivity contribution in [1.82, 2.24) is 4.57 Å². The van der Waals surface area contributed by atoms with Crippen LogP contribution in [0.3, 0.4) is 0 Å². The zero-order chi connectivity index (χ0) is 21.7. The standard InChI is InChI=1S/C17H12F6N2O3S/c1-24-11-4-2-8(6-9(11)16(19)20)25-7-13(29(27,28)17(21,22)23)14-12(25)5-3-10(18)15(14)26/h2,4,6-7,10,15-16,26H,3,5H2. The molecule has 1 heterocycles. The summed E-state index contributed by atoms with van der Waals surface area (Å²) in [7, 11) is -5.94. The van der Waals surface area contributed by atoms with Gasteiger partial charge in [-0.1, -0.05) is 6.07 Å². The highest BCUT2D eigenvalue weighted by Gasteiger charge is 2.51. The summed E-state index contributed by atoms with van der Waals surface area (Å²) in [5.41, 5.74) is -7.80. The summed E-state index contributed by atoms with van der Waals surface area (Å²) in [5, 5.41) is 10.0. The molecule has 12 heteroatoms. The molecule has 0 fully saturated rings. The van der Waals surface area contributed by atoms with E-state index in [0.29, 0.717) is 6.20 Å². The zero-order valence-electron chi connectivity index (χ0n) is 14.3. The second-order valence-electron chi connectivity index (χ2n) is 6.33. The number of hydrogen-bond acceptors (Lipinski definition) is 3.